The Morgan fingerprint density at radius 1 is 1.26 bits per heavy atom. The van der Waals surface area contributed by atoms with Crippen LogP contribution in [0.15, 0.2) is 0 Å². The maximum atomic E-state index is 12.2. The minimum Gasteiger partial charge on any atom is -0.212 e. The van der Waals surface area contributed by atoms with E-state index in [2.05, 4.69) is 32.4 Å². The fourth-order valence-electron chi connectivity index (χ4n) is 2.40. The number of nitrogens with one attached hydrogen (secondary N) is 1. The highest BCUT2D eigenvalue weighted by Crippen LogP contribution is 2.33. The van der Waals surface area contributed by atoms with Gasteiger partial charge in [0, 0.05) is 11.4 Å². The van der Waals surface area contributed by atoms with Gasteiger partial charge >= 0.3 is 0 Å². The zero-order chi connectivity index (χ0) is 14.7. The van der Waals surface area contributed by atoms with Crippen molar-refractivity contribution in [3.8, 4) is 0 Å². The lowest BCUT2D eigenvalue weighted by atomic mass is 9.79. The standard InChI is InChI=1S/C14H28ClNO2S/c1-12-5-7-14(11-15,8-6-12)16-19(17,18)10-9-13(2,3)4/h12,16H,5-11H2,1-4H3. The SMILES string of the molecule is CC1CCC(CCl)(NS(=O)(=O)CCC(C)(C)C)CC1. The number of alkyl halides is 1. The summed E-state index contributed by atoms with van der Waals surface area (Å²) in [5.41, 5.74) is -0.380. The highest BCUT2D eigenvalue weighted by atomic mass is 35.5. The van der Waals surface area contributed by atoms with E-state index in [0.29, 0.717) is 18.2 Å². The molecule has 0 radical (unpaired) electrons. The Morgan fingerprint density at radius 3 is 2.21 bits per heavy atom. The maximum absolute atomic E-state index is 12.2. The van der Waals surface area contributed by atoms with Gasteiger partial charge < -0.3 is 0 Å². The summed E-state index contributed by atoms with van der Waals surface area (Å²) in [5.74, 6) is 1.23. The van der Waals surface area contributed by atoms with Crippen LogP contribution < -0.4 is 4.72 Å². The number of rotatable bonds is 5. The summed E-state index contributed by atoms with van der Waals surface area (Å²) in [5, 5.41) is 0. The van der Waals surface area contributed by atoms with Gasteiger partial charge in [-0.1, -0.05) is 27.7 Å². The lowest BCUT2D eigenvalue weighted by Gasteiger charge is -2.38. The third-order valence-electron chi connectivity index (χ3n) is 3.98. The highest BCUT2D eigenvalue weighted by molar-refractivity contribution is 7.89. The number of halogens is 1. The zero-order valence-corrected chi connectivity index (χ0v) is 14.2. The van der Waals surface area contributed by atoms with Crippen molar-refractivity contribution in [3.05, 3.63) is 0 Å². The summed E-state index contributed by atoms with van der Waals surface area (Å²) in [6.45, 7) is 8.39. The molecule has 0 heterocycles. The van der Waals surface area contributed by atoms with Crippen molar-refractivity contribution in [3.63, 3.8) is 0 Å². The first-order valence-electron chi connectivity index (χ1n) is 7.15. The molecular formula is C14H28ClNO2S. The molecule has 0 atom stereocenters. The van der Waals surface area contributed by atoms with Crippen LogP contribution in [0.4, 0.5) is 0 Å². The molecule has 1 aliphatic rings. The first-order chi connectivity index (χ1) is 8.58. The van der Waals surface area contributed by atoms with Gasteiger partial charge in [-0.25, -0.2) is 13.1 Å². The summed E-state index contributed by atoms with van der Waals surface area (Å²) >= 11 is 6.05. The van der Waals surface area contributed by atoms with Crippen LogP contribution in [0, 0.1) is 11.3 Å². The molecule has 0 aromatic rings. The van der Waals surface area contributed by atoms with Crippen molar-refractivity contribution in [1.82, 2.24) is 4.72 Å². The van der Waals surface area contributed by atoms with Gasteiger partial charge in [0.1, 0.15) is 0 Å². The van der Waals surface area contributed by atoms with E-state index in [9.17, 15) is 8.42 Å². The van der Waals surface area contributed by atoms with Crippen LogP contribution in [0.2, 0.25) is 0 Å². The topological polar surface area (TPSA) is 46.2 Å². The third kappa shape index (κ3) is 6.01. The first-order valence-corrected chi connectivity index (χ1v) is 9.34. The van der Waals surface area contributed by atoms with Crippen LogP contribution in [0.25, 0.3) is 0 Å². The monoisotopic (exact) mass is 309 g/mol. The van der Waals surface area contributed by atoms with E-state index in [-0.39, 0.29) is 11.2 Å². The van der Waals surface area contributed by atoms with Gasteiger partial charge in [0.25, 0.3) is 0 Å². The molecule has 1 N–H and O–H groups in total. The maximum Gasteiger partial charge on any atom is 0.212 e. The molecule has 5 heteroatoms. The summed E-state index contributed by atoms with van der Waals surface area (Å²) in [6.07, 6.45) is 4.47. The summed E-state index contributed by atoms with van der Waals surface area (Å²) in [4.78, 5) is 0. The smallest absolute Gasteiger partial charge is 0.212 e. The molecule has 0 aliphatic heterocycles. The second-order valence-electron chi connectivity index (χ2n) is 7.33. The Kier molecular flexibility index (Phi) is 5.73. The van der Waals surface area contributed by atoms with Crippen LogP contribution in [-0.4, -0.2) is 25.6 Å². The minimum absolute atomic E-state index is 0.0317. The van der Waals surface area contributed by atoms with Crippen molar-refractivity contribution < 1.29 is 8.42 Å². The molecule has 1 fully saturated rings. The molecule has 0 aromatic carbocycles. The Labute approximate surface area is 123 Å². The van der Waals surface area contributed by atoms with Gasteiger partial charge in [0.2, 0.25) is 10.0 Å². The zero-order valence-electron chi connectivity index (χ0n) is 12.6. The molecule has 1 rings (SSSR count). The summed E-state index contributed by atoms with van der Waals surface area (Å²) < 4.78 is 27.3. The second-order valence-corrected chi connectivity index (χ2v) is 9.44. The highest BCUT2D eigenvalue weighted by Gasteiger charge is 2.37. The molecule has 1 aliphatic carbocycles. The molecule has 19 heavy (non-hydrogen) atoms. The van der Waals surface area contributed by atoms with Gasteiger partial charge in [0.15, 0.2) is 0 Å². The van der Waals surface area contributed by atoms with Gasteiger partial charge in [-0.3, -0.25) is 0 Å². The molecule has 0 unspecified atom stereocenters. The molecule has 114 valence electrons. The molecular weight excluding hydrogens is 282 g/mol. The van der Waals surface area contributed by atoms with Gasteiger partial charge in [-0.2, -0.15) is 0 Å². The molecule has 0 amide bonds. The average Bonchev–Trinajstić information content (AvgIpc) is 2.29. The predicted octanol–water partition coefficient (Wildman–Crippen LogP) is 3.53. The Morgan fingerprint density at radius 2 is 1.79 bits per heavy atom. The quantitative estimate of drug-likeness (QED) is 0.790. The molecule has 3 nitrogen and oxygen atoms in total. The van der Waals surface area contributed by atoms with Crippen LogP contribution in [0.5, 0.6) is 0 Å². The normalized spacial score (nSPS) is 29.4. The van der Waals surface area contributed by atoms with Crippen molar-refractivity contribution in [2.75, 3.05) is 11.6 Å². The summed E-state index contributed by atoms with van der Waals surface area (Å²) in [6, 6.07) is 0. The largest absolute Gasteiger partial charge is 0.212 e. The van der Waals surface area contributed by atoms with E-state index in [1.54, 1.807) is 0 Å². The Bertz CT molecular complexity index is 379. The molecule has 1 saturated carbocycles. The molecule has 0 bridgehead atoms. The number of hydrogen-bond donors (Lipinski definition) is 1. The van der Waals surface area contributed by atoms with Gasteiger partial charge in [-0.15, -0.1) is 11.6 Å². The van der Waals surface area contributed by atoms with E-state index >= 15 is 0 Å². The summed E-state index contributed by atoms with van der Waals surface area (Å²) in [7, 11) is -3.24. The lowest BCUT2D eigenvalue weighted by molar-refractivity contribution is 0.246. The van der Waals surface area contributed by atoms with Gasteiger partial charge in [-0.05, 0) is 43.4 Å². The number of hydrogen-bond acceptors (Lipinski definition) is 2. The fraction of sp³-hybridized carbons (Fsp3) is 1.00. The molecule has 0 spiro atoms. The van der Waals surface area contributed by atoms with E-state index in [0.717, 1.165) is 25.7 Å². The predicted molar refractivity (Wildman–Crippen MR) is 82.1 cm³/mol. The average molecular weight is 310 g/mol. The van der Waals surface area contributed by atoms with E-state index < -0.39 is 15.6 Å². The molecule has 0 saturated heterocycles. The van der Waals surface area contributed by atoms with Crippen molar-refractivity contribution in [2.24, 2.45) is 11.3 Å². The van der Waals surface area contributed by atoms with Crippen LogP contribution in [0.1, 0.15) is 59.8 Å². The number of sulfonamides is 1. The second kappa shape index (κ2) is 6.31. The van der Waals surface area contributed by atoms with E-state index in [4.69, 9.17) is 11.6 Å². The van der Waals surface area contributed by atoms with Crippen LogP contribution >= 0.6 is 11.6 Å². The van der Waals surface area contributed by atoms with Crippen LogP contribution in [0.3, 0.4) is 0 Å². The van der Waals surface area contributed by atoms with E-state index in [1.807, 2.05) is 0 Å². The first kappa shape index (κ1) is 17.3. The fourth-order valence-corrected chi connectivity index (χ4v) is 4.73. The van der Waals surface area contributed by atoms with Crippen molar-refractivity contribution >= 4 is 21.6 Å². The Balaban J connectivity index is 2.64. The molecule has 0 aromatic heterocycles. The minimum atomic E-state index is -3.24. The van der Waals surface area contributed by atoms with Crippen molar-refractivity contribution in [1.29, 1.82) is 0 Å². The van der Waals surface area contributed by atoms with E-state index in [1.165, 1.54) is 0 Å². The van der Waals surface area contributed by atoms with Crippen LogP contribution in [-0.2, 0) is 10.0 Å². The third-order valence-corrected chi connectivity index (χ3v) is 5.98. The lowest BCUT2D eigenvalue weighted by Crippen LogP contribution is -2.52. The Hall–Kier alpha value is 0.200. The van der Waals surface area contributed by atoms with Crippen molar-refractivity contribution in [2.45, 2.75) is 65.3 Å². The van der Waals surface area contributed by atoms with Gasteiger partial charge in [0.05, 0.1) is 5.75 Å².